The minimum atomic E-state index is -3.37. The average Bonchev–Trinajstić information content (AvgIpc) is 3.43. The van der Waals surface area contributed by atoms with Gasteiger partial charge in [0.1, 0.15) is 0 Å². The maximum Gasteiger partial charge on any atom is 0.276 e. The largest absolute Gasteiger partial charge is 0.321 e. The normalized spacial score (nSPS) is 14.3. The van der Waals surface area contributed by atoms with Gasteiger partial charge in [0.15, 0.2) is 15.5 Å². The zero-order valence-electron chi connectivity index (χ0n) is 19.1. The van der Waals surface area contributed by atoms with Crippen LogP contribution >= 0.6 is 0 Å². The Morgan fingerprint density at radius 2 is 1.51 bits per heavy atom. The van der Waals surface area contributed by atoms with Crippen molar-refractivity contribution in [2.24, 2.45) is 0 Å². The molecule has 0 saturated heterocycles. The maximum absolute atomic E-state index is 13.2. The fraction of sp³-hybridized carbons (Fsp3) is 0.222. The van der Waals surface area contributed by atoms with Crippen LogP contribution in [0.2, 0.25) is 0 Å². The number of anilines is 1. The Hall–Kier alpha value is -3.78. The summed E-state index contributed by atoms with van der Waals surface area (Å²) in [5, 5.41) is 7.73. The van der Waals surface area contributed by atoms with Gasteiger partial charge in [-0.05, 0) is 48.7 Å². The number of amides is 1. The van der Waals surface area contributed by atoms with E-state index in [0.29, 0.717) is 29.3 Å². The Kier molecular flexibility index (Phi) is 6.21. The van der Waals surface area contributed by atoms with Crippen LogP contribution in [0, 0.1) is 0 Å². The van der Waals surface area contributed by atoms with Gasteiger partial charge in [0, 0.05) is 11.1 Å². The maximum atomic E-state index is 13.2. The topological polar surface area (TPSA) is 98.1 Å². The molecule has 1 aliphatic carbocycles. The van der Waals surface area contributed by atoms with Crippen LogP contribution in [0.25, 0.3) is 10.8 Å². The minimum absolute atomic E-state index is 0.124. The molecule has 8 heteroatoms. The Balaban J connectivity index is 1.44. The number of hydrogen-bond acceptors (Lipinski definition) is 5. The van der Waals surface area contributed by atoms with Crippen LogP contribution in [0.5, 0.6) is 0 Å². The highest BCUT2D eigenvalue weighted by Crippen LogP contribution is 2.30. The lowest BCUT2D eigenvalue weighted by Crippen LogP contribution is -2.28. The second-order valence-electron chi connectivity index (χ2n) is 8.77. The zero-order valence-corrected chi connectivity index (χ0v) is 19.9. The van der Waals surface area contributed by atoms with E-state index in [1.54, 1.807) is 36.4 Å². The van der Waals surface area contributed by atoms with Crippen molar-refractivity contribution < 1.29 is 13.2 Å². The van der Waals surface area contributed by atoms with Gasteiger partial charge in [-0.1, -0.05) is 61.4 Å². The molecule has 0 spiro atoms. The van der Waals surface area contributed by atoms with Crippen molar-refractivity contribution in [1.82, 2.24) is 9.78 Å². The number of fused-ring (bicyclic) bond motifs is 1. The highest BCUT2D eigenvalue weighted by Gasteiger charge is 2.30. The van der Waals surface area contributed by atoms with E-state index in [4.69, 9.17) is 0 Å². The number of carbonyl (C=O) groups is 1. The molecule has 1 aliphatic rings. The van der Waals surface area contributed by atoms with Crippen LogP contribution in [0.4, 0.5) is 5.69 Å². The first-order valence-corrected chi connectivity index (χ1v) is 13.2. The van der Waals surface area contributed by atoms with Crippen molar-refractivity contribution in [2.45, 2.75) is 42.4 Å². The van der Waals surface area contributed by atoms with Gasteiger partial charge in [-0.15, -0.1) is 0 Å². The average molecular weight is 488 g/mol. The molecule has 0 radical (unpaired) electrons. The van der Waals surface area contributed by atoms with Gasteiger partial charge in [-0.2, -0.15) is 5.10 Å². The fourth-order valence-electron chi connectivity index (χ4n) is 4.58. The lowest BCUT2D eigenvalue weighted by Gasteiger charge is -2.13. The molecule has 1 amide bonds. The fourth-order valence-corrected chi connectivity index (χ4v) is 6.43. The Labute approximate surface area is 203 Å². The summed E-state index contributed by atoms with van der Waals surface area (Å²) in [5.74, 6) is -0.477. The first-order chi connectivity index (χ1) is 16.9. The number of nitrogens with zero attached hydrogens (tertiary/aromatic N) is 2. The van der Waals surface area contributed by atoms with E-state index in [9.17, 15) is 18.0 Å². The third-order valence-corrected chi connectivity index (χ3v) is 8.72. The molecule has 7 nitrogen and oxygen atoms in total. The Morgan fingerprint density at radius 1 is 0.886 bits per heavy atom. The van der Waals surface area contributed by atoms with Gasteiger partial charge in [0.05, 0.1) is 22.1 Å². The van der Waals surface area contributed by atoms with Crippen LogP contribution in [0.3, 0.4) is 0 Å². The van der Waals surface area contributed by atoms with Crippen molar-refractivity contribution in [3.05, 3.63) is 100 Å². The third kappa shape index (κ3) is 4.61. The monoisotopic (exact) mass is 487 g/mol. The van der Waals surface area contributed by atoms with E-state index in [1.807, 2.05) is 30.3 Å². The van der Waals surface area contributed by atoms with Gasteiger partial charge < -0.3 is 5.32 Å². The van der Waals surface area contributed by atoms with E-state index in [1.165, 1.54) is 16.8 Å². The molecule has 1 heterocycles. The number of rotatable bonds is 6. The molecular formula is C27H25N3O4S. The number of hydrogen-bond donors (Lipinski definition) is 1. The predicted octanol–water partition coefficient (Wildman–Crippen LogP) is 4.41. The van der Waals surface area contributed by atoms with Crippen molar-refractivity contribution >= 4 is 32.2 Å². The highest BCUT2D eigenvalue weighted by molar-refractivity contribution is 7.92. The second-order valence-corrected chi connectivity index (χ2v) is 11.0. The number of carbonyl (C=O) groups excluding carboxylic acids is 1. The molecule has 1 N–H and O–H groups in total. The highest BCUT2D eigenvalue weighted by atomic mass is 32.2. The molecule has 178 valence electrons. The molecule has 4 aromatic rings. The van der Waals surface area contributed by atoms with Crippen LogP contribution in [0.15, 0.2) is 88.6 Å². The van der Waals surface area contributed by atoms with E-state index in [2.05, 4.69) is 10.4 Å². The number of benzene rings is 3. The SMILES string of the molecule is O=C(Nc1ccc(S(=O)(=O)C2CCCC2)cc1)c1nn(Cc2ccccc2)c(=O)c2ccccc12. The van der Waals surface area contributed by atoms with Crippen LogP contribution < -0.4 is 10.9 Å². The summed E-state index contributed by atoms with van der Waals surface area (Å²) in [7, 11) is -3.37. The Bertz CT molecular complexity index is 1540. The molecule has 1 saturated carbocycles. The molecule has 5 rings (SSSR count). The van der Waals surface area contributed by atoms with Crippen LogP contribution in [0.1, 0.15) is 41.7 Å². The molecular weight excluding hydrogens is 462 g/mol. The number of nitrogens with one attached hydrogen (secondary N) is 1. The molecule has 1 aromatic heterocycles. The first kappa shape index (κ1) is 23.0. The van der Waals surface area contributed by atoms with Gasteiger partial charge in [0.25, 0.3) is 11.5 Å². The van der Waals surface area contributed by atoms with Crippen molar-refractivity contribution in [3.63, 3.8) is 0 Å². The smallest absolute Gasteiger partial charge is 0.276 e. The zero-order chi connectivity index (χ0) is 24.4. The van der Waals surface area contributed by atoms with Gasteiger partial charge >= 0.3 is 0 Å². The summed E-state index contributed by atoms with van der Waals surface area (Å²) >= 11 is 0. The van der Waals surface area contributed by atoms with Crippen molar-refractivity contribution in [1.29, 1.82) is 0 Å². The molecule has 0 unspecified atom stereocenters. The van der Waals surface area contributed by atoms with Gasteiger partial charge in [-0.3, -0.25) is 9.59 Å². The molecule has 35 heavy (non-hydrogen) atoms. The quantitative estimate of drug-likeness (QED) is 0.434. The summed E-state index contributed by atoms with van der Waals surface area (Å²) in [6.07, 6.45) is 3.26. The summed E-state index contributed by atoms with van der Waals surface area (Å²) in [5.41, 5.74) is 1.19. The molecule has 3 aromatic carbocycles. The van der Waals surface area contributed by atoms with Crippen LogP contribution in [-0.2, 0) is 16.4 Å². The molecule has 0 atom stereocenters. The predicted molar refractivity (Wildman–Crippen MR) is 135 cm³/mol. The van der Waals surface area contributed by atoms with Crippen molar-refractivity contribution in [3.8, 4) is 0 Å². The standard InChI is InChI=1S/C27H25N3O4S/c31-26(28-20-14-16-22(17-15-20)35(33,34)21-10-4-5-11-21)25-23-12-6-7-13-24(23)27(32)30(29-25)18-19-8-2-1-3-9-19/h1-3,6-9,12-17,21H,4-5,10-11,18H2,(H,28,31). The molecule has 0 aliphatic heterocycles. The third-order valence-electron chi connectivity index (χ3n) is 6.44. The van der Waals surface area contributed by atoms with E-state index >= 15 is 0 Å². The van der Waals surface area contributed by atoms with Gasteiger partial charge in [0.2, 0.25) is 0 Å². The summed E-state index contributed by atoms with van der Waals surface area (Å²) in [6.45, 7) is 0.235. The molecule has 1 fully saturated rings. The first-order valence-electron chi connectivity index (χ1n) is 11.6. The van der Waals surface area contributed by atoms with Crippen molar-refractivity contribution in [2.75, 3.05) is 5.32 Å². The summed E-state index contributed by atoms with van der Waals surface area (Å²) in [4.78, 5) is 26.5. The number of aromatic nitrogens is 2. The van der Waals surface area contributed by atoms with E-state index < -0.39 is 15.7 Å². The summed E-state index contributed by atoms with van der Waals surface area (Å²) in [6, 6.07) is 22.6. The van der Waals surface area contributed by atoms with Crippen LogP contribution in [-0.4, -0.2) is 29.4 Å². The van der Waals surface area contributed by atoms with Gasteiger partial charge in [-0.25, -0.2) is 13.1 Å². The lowest BCUT2D eigenvalue weighted by atomic mass is 10.1. The summed E-state index contributed by atoms with van der Waals surface area (Å²) < 4.78 is 26.9. The molecule has 0 bridgehead atoms. The second kappa shape index (κ2) is 9.46. The number of sulfone groups is 1. The minimum Gasteiger partial charge on any atom is -0.321 e. The lowest BCUT2D eigenvalue weighted by molar-refractivity contribution is 0.102. The van der Waals surface area contributed by atoms with E-state index in [0.717, 1.165) is 18.4 Å². The van der Waals surface area contributed by atoms with E-state index in [-0.39, 0.29) is 27.9 Å². The Morgan fingerprint density at radius 3 is 2.20 bits per heavy atom.